The van der Waals surface area contributed by atoms with E-state index >= 15 is 0 Å². The fraction of sp³-hybridized carbons (Fsp3) is 0.765. The van der Waals surface area contributed by atoms with Crippen molar-refractivity contribution in [2.24, 2.45) is 13.0 Å². The molecule has 122 valence electrons. The Morgan fingerprint density at radius 2 is 2.05 bits per heavy atom. The van der Waals surface area contributed by atoms with E-state index in [2.05, 4.69) is 12.0 Å². The molecule has 1 aliphatic carbocycles. The predicted molar refractivity (Wildman–Crippen MR) is 84.5 cm³/mol. The topological polar surface area (TPSA) is 47.4 Å². The molecule has 1 aromatic heterocycles. The van der Waals surface area contributed by atoms with Crippen molar-refractivity contribution < 1.29 is 9.53 Å². The van der Waals surface area contributed by atoms with Gasteiger partial charge >= 0.3 is 0 Å². The first-order valence-electron chi connectivity index (χ1n) is 8.45. The Hall–Kier alpha value is -1.36. The zero-order chi connectivity index (χ0) is 15.7. The molecule has 0 bridgehead atoms. The normalized spacial score (nSPS) is 23.2. The number of rotatable bonds is 3. The summed E-state index contributed by atoms with van der Waals surface area (Å²) in [7, 11) is 1.96. The average molecular weight is 305 g/mol. The number of carbonyl (C=O) groups excluding carboxylic acids is 1. The summed E-state index contributed by atoms with van der Waals surface area (Å²) in [4.78, 5) is 14.9. The maximum Gasteiger partial charge on any atom is 0.223 e. The van der Waals surface area contributed by atoms with Crippen LogP contribution in [0, 0.1) is 19.8 Å². The van der Waals surface area contributed by atoms with E-state index in [1.807, 2.05) is 23.6 Å². The highest BCUT2D eigenvalue weighted by Gasteiger charge is 2.33. The van der Waals surface area contributed by atoms with Crippen LogP contribution in [0.3, 0.4) is 0 Å². The van der Waals surface area contributed by atoms with Crippen LogP contribution in [0.5, 0.6) is 0 Å². The number of hydrogen-bond acceptors (Lipinski definition) is 3. The Balaban J connectivity index is 1.80. The summed E-state index contributed by atoms with van der Waals surface area (Å²) in [6, 6.07) is 0.0244. The number of aryl methyl sites for hydroxylation is 2. The van der Waals surface area contributed by atoms with Gasteiger partial charge in [-0.25, -0.2) is 0 Å². The molecule has 5 nitrogen and oxygen atoms in total. The van der Waals surface area contributed by atoms with Gasteiger partial charge in [-0.2, -0.15) is 5.10 Å². The molecule has 1 atom stereocenters. The lowest BCUT2D eigenvalue weighted by molar-refractivity contribution is -0.141. The van der Waals surface area contributed by atoms with E-state index < -0.39 is 0 Å². The van der Waals surface area contributed by atoms with Gasteiger partial charge in [0.05, 0.1) is 24.9 Å². The van der Waals surface area contributed by atoms with E-state index in [-0.39, 0.29) is 6.04 Å². The molecule has 2 heterocycles. The van der Waals surface area contributed by atoms with Gasteiger partial charge in [-0.1, -0.05) is 12.8 Å². The van der Waals surface area contributed by atoms with E-state index in [4.69, 9.17) is 4.74 Å². The van der Waals surface area contributed by atoms with Gasteiger partial charge < -0.3 is 9.64 Å². The number of aromatic nitrogens is 2. The lowest BCUT2D eigenvalue weighted by atomic mass is 9.99. The standard InChI is InChI=1S/C17H27N3O2/c1-12-17(13(2)19(3)18-12)15-11-22-9-8-20(15)16(21)10-14-6-4-5-7-14/h14-15H,4-11H2,1-3H3/t15-/m1/s1. The van der Waals surface area contributed by atoms with Crippen molar-refractivity contribution in [1.29, 1.82) is 0 Å². The van der Waals surface area contributed by atoms with Gasteiger partial charge in [0.15, 0.2) is 0 Å². The molecule has 3 rings (SSSR count). The van der Waals surface area contributed by atoms with E-state index in [9.17, 15) is 4.79 Å². The van der Waals surface area contributed by atoms with E-state index in [0.29, 0.717) is 38.0 Å². The van der Waals surface area contributed by atoms with Crippen LogP contribution >= 0.6 is 0 Å². The van der Waals surface area contributed by atoms with Crippen LogP contribution in [0.15, 0.2) is 0 Å². The Morgan fingerprint density at radius 3 is 2.68 bits per heavy atom. The zero-order valence-corrected chi connectivity index (χ0v) is 14.0. The first-order valence-corrected chi connectivity index (χ1v) is 8.45. The average Bonchev–Trinajstić information content (AvgIpc) is 3.08. The van der Waals surface area contributed by atoms with Gasteiger partial charge in [0.2, 0.25) is 5.91 Å². The molecular weight excluding hydrogens is 278 g/mol. The van der Waals surface area contributed by atoms with Crippen LogP contribution in [0.1, 0.15) is 55.1 Å². The SMILES string of the molecule is Cc1nn(C)c(C)c1[C@H]1COCCN1C(=O)CC1CCCC1. The molecule has 0 radical (unpaired) electrons. The van der Waals surface area contributed by atoms with Crippen molar-refractivity contribution >= 4 is 5.91 Å². The second-order valence-corrected chi connectivity index (χ2v) is 6.74. The third-order valence-electron chi connectivity index (χ3n) is 5.29. The smallest absolute Gasteiger partial charge is 0.223 e. The molecule has 2 fully saturated rings. The van der Waals surface area contributed by atoms with Crippen molar-refractivity contribution in [2.45, 2.75) is 52.0 Å². The van der Waals surface area contributed by atoms with Crippen LogP contribution < -0.4 is 0 Å². The van der Waals surface area contributed by atoms with Crippen molar-refractivity contribution in [2.75, 3.05) is 19.8 Å². The lowest BCUT2D eigenvalue weighted by Crippen LogP contribution is -2.44. The Morgan fingerprint density at radius 1 is 1.32 bits per heavy atom. The number of amides is 1. The summed E-state index contributed by atoms with van der Waals surface area (Å²) in [6.07, 6.45) is 5.70. The van der Waals surface area contributed by atoms with E-state index in [1.54, 1.807) is 0 Å². The number of carbonyl (C=O) groups is 1. The Kier molecular flexibility index (Phi) is 4.52. The molecule has 1 aliphatic heterocycles. The zero-order valence-electron chi connectivity index (χ0n) is 14.0. The van der Waals surface area contributed by atoms with Gasteiger partial charge in [-0.15, -0.1) is 0 Å². The van der Waals surface area contributed by atoms with Gasteiger partial charge in [0.1, 0.15) is 0 Å². The van der Waals surface area contributed by atoms with Crippen LogP contribution in [0.25, 0.3) is 0 Å². The van der Waals surface area contributed by atoms with Crippen molar-refractivity contribution in [3.63, 3.8) is 0 Å². The Labute approximate surface area is 132 Å². The molecule has 0 spiro atoms. The summed E-state index contributed by atoms with van der Waals surface area (Å²) in [5.74, 6) is 0.884. The quantitative estimate of drug-likeness (QED) is 0.862. The van der Waals surface area contributed by atoms with Crippen LogP contribution in [-0.2, 0) is 16.6 Å². The van der Waals surface area contributed by atoms with E-state index in [1.165, 1.54) is 31.2 Å². The first-order chi connectivity index (χ1) is 10.6. The fourth-order valence-corrected chi connectivity index (χ4v) is 3.99. The summed E-state index contributed by atoms with van der Waals surface area (Å²) in [5.41, 5.74) is 3.31. The molecule has 0 N–H and O–H groups in total. The fourth-order valence-electron chi connectivity index (χ4n) is 3.99. The van der Waals surface area contributed by atoms with Gasteiger partial charge in [-0.3, -0.25) is 9.48 Å². The largest absolute Gasteiger partial charge is 0.377 e. The summed E-state index contributed by atoms with van der Waals surface area (Å²) >= 11 is 0. The number of nitrogens with zero attached hydrogens (tertiary/aromatic N) is 3. The summed E-state index contributed by atoms with van der Waals surface area (Å²) in [6.45, 7) is 6.03. The number of hydrogen-bond donors (Lipinski definition) is 0. The maximum atomic E-state index is 12.8. The van der Waals surface area contributed by atoms with Gasteiger partial charge in [0.25, 0.3) is 0 Å². The first kappa shape index (κ1) is 15.5. The molecule has 0 aromatic carbocycles. The molecule has 1 aromatic rings. The van der Waals surface area contributed by atoms with Crippen LogP contribution in [-0.4, -0.2) is 40.3 Å². The second kappa shape index (κ2) is 6.41. The molecule has 2 aliphatic rings. The molecule has 1 saturated heterocycles. The lowest BCUT2D eigenvalue weighted by Gasteiger charge is -2.36. The highest BCUT2D eigenvalue weighted by atomic mass is 16.5. The minimum absolute atomic E-state index is 0.0244. The van der Waals surface area contributed by atoms with Gasteiger partial charge in [-0.05, 0) is 32.6 Å². The summed E-state index contributed by atoms with van der Waals surface area (Å²) < 4.78 is 7.58. The Bertz CT molecular complexity index is 546. The summed E-state index contributed by atoms with van der Waals surface area (Å²) in [5, 5.41) is 4.51. The minimum Gasteiger partial charge on any atom is -0.377 e. The third-order valence-corrected chi connectivity index (χ3v) is 5.29. The maximum absolute atomic E-state index is 12.8. The van der Waals surface area contributed by atoms with E-state index in [0.717, 1.165) is 11.4 Å². The van der Waals surface area contributed by atoms with Crippen molar-refractivity contribution in [3.8, 4) is 0 Å². The minimum atomic E-state index is 0.0244. The third kappa shape index (κ3) is 2.91. The van der Waals surface area contributed by atoms with Crippen molar-refractivity contribution in [3.05, 3.63) is 17.0 Å². The number of morpholine rings is 1. The molecule has 5 heteroatoms. The van der Waals surface area contributed by atoms with Crippen LogP contribution in [0.2, 0.25) is 0 Å². The van der Waals surface area contributed by atoms with Crippen molar-refractivity contribution in [1.82, 2.24) is 14.7 Å². The molecule has 22 heavy (non-hydrogen) atoms. The van der Waals surface area contributed by atoms with Crippen LogP contribution in [0.4, 0.5) is 0 Å². The molecule has 1 saturated carbocycles. The highest BCUT2D eigenvalue weighted by Crippen LogP contribution is 2.33. The molecular formula is C17H27N3O2. The van der Waals surface area contributed by atoms with Gasteiger partial charge in [0, 0.05) is 31.3 Å². The number of ether oxygens (including phenoxy) is 1. The molecule has 0 unspecified atom stereocenters. The second-order valence-electron chi connectivity index (χ2n) is 6.74. The molecule has 1 amide bonds. The monoisotopic (exact) mass is 305 g/mol. The predicted octanol–water partition coefficient (Wildman–Crippen LogP) is 2.52. The highest BCUT2D eigenvalue weighted by molar-refractivity contribution is 5.77.